The summed E-state index contributed by atoms with van der Waals surface area (Å²) in [5.41, 5.74) is 6.62. The number of benzene rings is 1. The van der Waals surface area contributed by atoms with Crippen LogP contribution in [0.1, 0.15) is 36.0 Å². The lowest BCUT2D eigenvalue weighted by atomic mass is 9.82. The van der Waals surface area contributed by atoms with Crippen molar-refractivity contribution in [3.8, 4) is 0 Å². The molecule has 1 saturated carbocycles. The fourth-order valence-electron chi connectivity index (χ4n) is 2.68. The molecule has 1 amide bonds. The summed E-state index contributed by atoms with van der Waals surface area (Å²) in [4.78, 5) is 22.0. The lowest BCUT2D eigenvalue weighted by molar-refractivity contribution is -0.143. The zero-order chi connectivity index (χ0) is 15.4. The summed E-state index contributed by atoms with van der Waals surface area (Å²) in [7, 11) is 0. The molecule has 114 valence electrons. The molecule has 0 unspecified atom stereocenters. The molecule has 1 aliphatic carbocycles. The van der Waals surface area contributed by atoms with E-state index in [-0.39, 0.29) is 5.92 Å². The van der Waals surface area contributed by atoms with Crippen LogP contribution in [0, 0.1) is 11.8 Å². The lowest BCUT2D eigenvalue weighted by Crippen LogP contribution is -2.25. The highest BCUT2D eigenvalue weighted by Crippen LogP contribution is 2.30. The maximum Gasteiger partial charge on any atom is 0.306 e. The van der Waals surface area contributed by atoms with Crippen molar-refractivity contribution in [1.82, 2.24) is 0 Å². The molecule has 0 aromatic heterocycles. The number of carboxylic acid groups (broad SMARTS) is 1. The number of carbonyl (C=O) groups excluding carboxylic acids is 1. The van der Waals surface area contributed by atoms with Crippen LogP contribution >= 0.6 is 15.9 Å². The van der Waals surface area contributed by atoms with E-state index in [2.05, 4.69) is 21.2 Å². The van der Waals surface area contributed by atoms with E-state index in [1.807, 2.05) is 6.07 Å². The molecule has 1 aliphatic rings. The van der Waals surface area contributed by atoms with Gasteiger partial charge in [0.05, 0.1) is 5.92 Å². The molecular formula is C15H19BrN2O3. The summed E-state index contributed by atoms with van der Waals surface area (Å²) in [6.45, 7) is 0.806. The Bertz CT molecular complexity index is 540. The number of carboxylic acids is 1. The minimum Gasteiger partial charge on any atom is -0.481 e. The Morgan fingerprint density at radius 2 is 1.95 bits per heavy atom. The number of aliphatic carboxylic acids is 1. The molecular weight excluding hydrogens is 336 g/mol. The number of amides is 1. The van der Waals surface area contributed by atoms with Crippen LogP contribution in [-0.4, -0.2) is 23.5 Å². The molecule has 0 bridgehead atoms. The monoisotopic (exact) mass is 354 g/mol. The number of hydrogen-bond donors (Lipinski definition) is 3. The van der Waals surface area contributed by atoms with Crippen LogP contribution < -0.4 is 11.1 Å². The number of anilines is 1. The Hall–Kier alpha value is -1.56. The van der Waals surface area contributed by atoms with Crippen LogP contribution in [0.4, 0.5) is 5.69 Å². The third-order valence-electron chi connectivity index (χ3n) is 4.03. The molecule has 0 atom stereocenters. The molecule has 1 fully saturated rings. The summed E-state index contributed by atoms with van der Waals surface area (Å²) in [5, 5.41) is 12.3. The Morgan fingerprint density at radius 1 is 1.29 bits per heavy atom. The van der Waals surface area contributed by atoms with Crippen LogP contribution in [0.5, 0.6) is 0 Å². The van der Waals surface area contributed by atoms with Gasteiger partial charge in [-0.1, -0.05) is 0 Å². The molecule has 0 heterocycles. The van der Waals surface area contributed by atoms with Crippen molar-refractivity contribution >= 4 is 33.5 Å². The predicted molar refractivity (Wildman–Crippen MR) is 84.2 cm³/mol. The Kier molecular flexibility index (Phi) is 5.22. The van der Waals surface area contributed by atoms with Crippen molar-refractivity contribution in [2.75, 3.05) is 11.9 Å². The van der Waals surface area contributed by atoms with E-state index in [0.29, 0.717) is 11.5 Å². The molecule has 0 aliphatic heterocycles. The van der Waals surface area contributed by atoms with Gasteiger partial charge in [-0.15, -0.1) is 0 Å². The molecule has 0 radical (unpaired) electrons. The van der Waals surface area contributed by atoms with Gasteiger partial charge in [0.2, 0.25) is 5.91 Å². The van der Waals surface area contributed by atoms with E-state index in [0.717, 1.165) is 42.4 Å². The normalized spacial score (nSPS) is 21.8. The van der Waals surface area contributed by atoms with Gasteiger partial charge in [-0.05, 0) is 65.7 Å². The average molecular weight is 355 g/mol. The maximum atomic E-state index is 11.1. The highest BCUT2D eigenvalue weighted by Gasteiger charge is 2.25. The smallest absolute Gasteiger partial charge is 0.306 e. The van der Waals surface area contributed by atoms with Gasteiger partial charge < -0.3 is 16.2 Å². The van der Waals surface area contributed by atoms with E-state index in [9.17, 15) is 9.59 Å². The minimum atomic E-state index is -0.675. The van der Waals surface area contributed by atoms with E-state index in [1.165, 1.54) is 0 Å². The van der Waals surface area contributed by atoms with Crippen molar-refractivity contribution in [2.45, 2.75) is 25.7 Å². The average Bonchev–Trinajstić information content (AvgIpc) is 2.46. The van der Waals surface area contributed by atoms with E-state index >= 15 is 0 Å². The fraction of sp³-hybridized carbons (Fsp3) is 0.467. The van der Waals surface area contributed by atoms with Crippen LogP contribution in [0.15, 0.2) is 22.7 Å². The third-order valence-corrected chi connectivity index (χ3v) is 4.69. The lowest BCUT2D eigenvalue weighted by Gasteiger charge is -2.26. The number of rotatable bonds is 5. The summed E-state index contributed by atoms with van der Waals surface area (Å²) >= 11 is 3.42. The van der Waals surface area contributed by atoms with Crippen LogP contribution in [0.25, 0.3) is 0 Å². The summed E-state index contributed by atoms with van der Waals surface area (Å²) in [6, 6.07) is 5.22. The van der Waals surface area contributed by atoms with Gasteiger partial charge in [0.1, 0.15) is 0 Å². The third kappa shape index (κ3) is 4.20. The maximum absolute atomic E-state index is 11.1. The first kappa shape index (κ1) is 15.8. The standard InChI is InChI=1S/C15H19BrN2O3/c16-12-7-11(14(17)19)5-6-13(12)18-8-9-1-3-10(4-2-9)15(20)21/h5-7,9-10,18H,1-4,8H2,(H2,17,19)(H,20,21). The fourth-order valence-corrected chi connectivity index (χ4v) is 3.20. The second-order valence-corrected chi connectivity index (χ2v) is 6.35. The van der Waals surface area contributed by atoms with Crippen molar-refractivity contribution in [1.29, 1.82) is 0 Å². The zero-order valence-corrected chi connectivity index (χ0v) is 13.2. The number of halogens is 1. The first-order valence-electron chi connectivity index (χ1n) is 7.03. The molecule has 5 nitrogen and oxygen atoms in total. The van der Waals surface area contributed by atoms with E-state index < -0.39 is 11.9 Å². The number of nitrogens with two attached hydrogens (primary N) is 1. The van der Waals surface area contributed by atoms with Crippen LogP contribution in [0.3, 0.4) is 0 Å². The summed E-state index contributed by atoms with van der Waals surface area (Å²) < 4.78 is 0.804. The Balaban J connectivity index is 1.87. The topological polar surface area (TPSA) is 92.4 Å². The van der Waals surface area contributed by atoms with Gasteiger partial charge in [-0.3, -0.25) is 9.59 Å². The molecule has 4 N–H and O–H groups in total. The Morgan fingerprint density at radius 3 is 2.48 bits per heavy atom. The van der Waals surface area contributed by atoms with Crippen molar-refractivity contribution < 1.29 is 14.7 Å². The highest BCUT2D eigenvalue weighted by molar-refractivity contribution is 9.10. The molecule has 0 saturated heterocycles. The zero-order valence-electron chi connectivity index (χ0n) is 11.6. The molecule has 1 aromatic carbocycles. The van der Waals surface area contributed by atoms with Gasteiger partial charge in [0, 0.05) is 22.3 Å². The van der Waals surface area contributed by atoms with E-state index in [4.69, 9.17) is 10.8 Å². The first-order valence-corrected chi connectivity index (χ1v) is 7.82. The quantitative estimate of drug-likeness (QED) is 0.757. The number of hydrogen-bond acceptors (Lipinski definition) is 3. The van der Waals surface area contributed by atoms with Gasteiger partial charge >= 0.3 is 5.97 Å². The van der Waals surface area contributed by atoms with Gasteiger partial charge in [-0.25, -0.2) is 0 Å². The summed E-state index contributed by atoms with van der Waals surface area (Å²) in [5.74, 6) is -0.813. The van der Waals surface area contributed by atoms with Crippen molar-refractivity contribution in [3.05, 3.63) is 28.2 Å². The predicted octanol–water partition coefficient (Wildman–Crippen LogP) is 2.85. The minimum absolute atomic E-state index is 0.178. The first-order chi connectivity index (χ1) is 9.97. The van der Waals surface area contributed by atoms with Gasteiger partial charge in [0.15, 0.2) is 0 Å². The SMILES string of the molecule is NC(=O)c1ccc(NCC2CCC(C(=O)O)CC2)c(Br)c1. The second kappa shape index (κ2) is 6.93. The number of nitrogens with one attached hydrogen (secondary N) is 1. The number of primary amides is 1. The Labute approximate surface area is 132 Å². The van der Waals surface area contributed by atoms with Gasteiger partial charge in [-0.2, -0.15) is 0 Å². The molecule has 0 spiro atoms. The van der Waals surface area contributed by atoms with Crippen LogP contribution in [0.2, 0.25) is 0 Å². The van der Waals surface area contributed by atoms with Gasteiger partial charge in [0.25, 0.3) is 0 Å². The second-order valence-electron chi connectivity index (χ2n) is 5.50. The van der Waals surface area contributed by atoms with Crippen LogP contribution in [-0.2, 0) is 4.79 Å². The molecule has 6 heteroatoms. The molecule has 1 aromatic rings. The van der Waals surface area contributed by atoms with Crippen molar-refractivity contribution in [3.63, 3.8) is 0 Å². The largest absolute Gasteiger partial charge is 0.481 e. The van der Waals surface area contributed by atoms with Crippen molar-refractivity contribution in [2.24, 2.45) is 17.6 Å². The highest BCUT2D eigenvalue weighted by atomic mass is 79.9. The summed E-state index contributed by atoms with van der Waals surface area (Å²) in [6.07, 6.45) is 3.37. The molecule has 21 heavy (non-hydrogen) atoms. The van der Waals surface area contributed by atoms with E-state index in [1.54, 1.807) is 12.1 Å². The number of carbonyl (C=O) groups is 2. The molecule has 2 rings (SSSR count).